The first-order valence-corrected chi connectivity index (χ1v) is 8.29. The summed E-state index contributed by atoms with van der Waals surface area (Å²) < 4.78 is 37.0. The molecule has 4 nitrogen and oxygen atoms in total. The third-order valence-corrected chi connectivity index (χ3v) is 5.46. The molecule has 0 bridgehead atoms. The molecule has 1 spiro atoms. The summed E-state index contributed by atoms with van der Waals surface area (Å²) in [6, 6.07) is 12.1. The number of nitrogens with zero attached hydrogens (tertiary/aromatic N) is 1. The minimum atomic E-state index is -4.37. The topological polar surface area (TPSA) is 53.5 Å². The van der Waals surface area contributed by atoms with E-state index in [1.54, 1.807) is 0 Å². The number of rotatable bonds is 1. The Kier molecular flexibility index (Phi) is 3.54. The lowest BCUT2D eigenvalue weighted by Gasteiger charge is -2.19. The minimum Gasteiger partial charge on any atom is -0.335 e. The summed E-state index contributed by atoms with van der Waals surface area (Å²) in [5.74, 6) is -0.133. The number of carbonyl (C=O) groups is 1. The van der Waals surface area contributed by atoms with E-state index in [-0.39, 0.29) is 12.5 Å². The molecule has 0 radical (unpaired) electrons. The van der Waals surface area contributed by atoms with Gasteiger partial charge in [0.1, 0.15) is 4.75 Å². The Hall–Kier alpha value is -2.48. The van der Waals surface area contributed by atoms with Crippen LogP contribution in [0.15, 0.2) is 53.5 Å². The van der Waals surface area contributed by atoms with Crippen LogP contribution in [-0.4, -0.2) is 17.6 Å². The van der Waals surface area contributed by atoms with Crippen LogP contribution in [0.5, 0.6) is 0 Å². The fourth-order valence-electron chi connectivity index (χ4n) is 2.89. The van der Waals surface area contributed by atoms with Gasteiger partial charge in [-0.25, -0.2) is 0 Å². The molecule has 0 fully saturated rings. The Labute approximate surface area is 145 Å². The van der Waals surface area contributed by atoms with Crippen LogP contribution in [0.3, 0.4) is 0 Å². The second-order valence-corrected chi connectivity index (χ2v) is 7.04. The molecule has 2 aromatic carbocycles. The lowest BCUT2D eigenvalue weighted by molar-refractivity contribution is -0.137. The van der Waals surface area contributed by atoms with Gasteiger partial charge < -0.3 is 10.6 Å². The maximum Gasteiger partial charge on any atom is 0.416 e. The molecule has 2 heterocycles. The quantitative estimate of drug-likeness (QED) is 0.803. The average Bonchev–Trinajstić information content (AvgIpc) is 3.11. The number of benzene rings is 2. The van der Waals surface area contributed by atoms with Crippen molar-refractivity contribution in [2.75, 3.05) is 17.2 Å². The van der Waals surface area contributed by atoms with Crippen LogP contribution >= 0.6 is 11.8 Å². The highest BCUT2D eigenvalue weighted by molar-refractivity contribution is 8.15. The zero-order chi connectivity index (χ0) is 17.7. The Morgan fingerprint density at radius 2 is 1.84 bits per heavy atom. The van der Waals surface area contributed by atoms with E-state index in [4.69, 9.17) is 0 Å². The van der Waals surface area contributed by atoms with Crippen LogP contribution in [0.25, 0.3) is 0 Å². The molecule has 25 heavy (non-hydrogen) atoms. The number of aliphatic imine (C=N–C) groups is 1. The molecule has 2 aromatic rings. The monoisotopic (exact) mass is 363 g/mol. The molecule has 4 rings (SSSR count). The van der Waals surface area contributed by atoms with Gasteiger partial charge in [-0.05, 0) is 30.3 Å². The summed E-state index contributed by atoms with van der Waals surface area (Å²) in [5, 5.41) is 6.35. The molecule has 128 valence electrons. The number of alkyl halides is 3. The molecule has 0 unspecified atom stereocenters. The number of fused-ring (bicyclic) bond motifs is 2. The van der Waals surface area contributed by atoms with Crippen molar-refractivity contribution in [3.8, 4) is 0 Å². The number of thioether (sulfide) groups is 1. The molecule has 0 aromatic heterocycles. The zero-order valence-corrected chi connectivity index (χ0v) is 13.5. The fraction of sp³-hybridized carbons (Fsp3) is 0.176. The van der Waals surface area contributed by atoms with E-state index >= 15 is 0 Å². The Morgan fingerprint density at radius 3 is 2.56 bits per heavy atom. The molecule has 0 saturated heterocycles. The summed E-state index contributed by atoms with van der Waals surface area (Å²) in [4.78, 5) is 16.8. The first-order valence-electron chi connectivity index (χ1n) is 7.47. The van der Waals surface area contributed by atoms with Gasteiger partial charge in [0.2, 0.25) is 5.91 Å². The summed E-state index contributed by atoms with van der Waals surface area (Å²) in [6.45, 7) is 0.281. The van der Waals surface area contributed by atoms with Crippen LogP contribution in [0.4, 0.5) is 24.5 Å². The van der Waals surface area contributed by atoms with E-state index in [9.17, 15) is 18.0 Å². The molecule has 0 aliphatic carbocycles. The second kappa shape index (κ2) is 5.52. The number of amidine groups is 1. The van der Waals surface area contributed by atoms with Gasteiger partial charge in [-0.1, -0.05) is 30.0 Å². The Balaban J connectivity index is 1.53. The number of carbonyl (C=O) groups excluding carboxylic acids is 1. The van der Waals surface area contributed by atoms with Crippen molar-refractivity contribution in [1.29, 1.82) is 0 Å². The number of hydrogen-bond donors (Lipinski definition) is 2. The maximum atomic E-state index is 12.6. The highest BCUT2D eigenvalue weighted by Gasteiger charge is 2.51. The van der Waals surface area contributed by atoms with Gasteiger partial charge >= 0.3 is 6.18 Å². The fourth-order valence-corrected chi connectivity index (χ4v) is 4.08. The number of halogens is 3. The zero-order valence-electron chi connectivity index (χ0n) is 12.7. The third kappa shape index (κ3) is 2.66. The van der Waals surface area contributed by atoms with Crippen molar-refractivity contribution in [2.45, 2.75) is 10.9 Å². The van der Waals surface area contributed by atoms with Crippen LogP contribution in [0, 0.1) is 0 Å². The normalized spacial score (nSPS) is 21.9. The molecule has 2 aliphatic heterocycles. The number of anilines is 2. The van der Waals surface area contributed by atoms with E-state index in [0.717, 1.165) is 23.4 Å². The summed E-state index contributed by atoms with van der Waals surface area (Å²) >= 11 is 1.28. The van der Waals surface area contributed by atoms with Gasteiger partial charge in [0, 0.05) is 16.9 Å². The first kappa shape index (κ1) is 16.0. The molecule has 1 atom stereocenters. The lowest BCUT2D eigenvalue weighted by atomic mass is 10.00. The van der Waals surface area contributed by atoms with Crippen LogP contribution in [-0.2, 0) is 15.7 Å². The molecular weight excluding hydrogens is 351 g/mol. The van der Waals surface area contributed by atoms with Gasteiger partial charge in [-0.2, -0.15) is 13.2 Å². The van der Waals surface area contributed by atoms with Crippen LogP contribution < -0.4 is 10.6 Å². The minimum absolute atomic E-state index is 0.133. The highest BCUT2D eigenvalue weighted by atomic mass is 32.2. The predicted octanol–water partition coefficient (Wildman–Crippen LogP) is 4.07. The first-order chi connectivity index (χ1) is 11.9. The molecule has 2 N–H and O–H groups in total. The summed E-state index contributed by atoms with van der Waals surface area (Å²) in [5.41, 5.74) is 1.42. The van der Waals surface area contributed by atoms with Crippen molar-refractivity contribution in [3.63, 3.8) is 0 Å². The van der Waals surface area contributed by atoms with Crippen molar-refractivity contribution in [3.05, 3.63) is 59.7 Å². The van der Waals surface area contributed by atoms with Crippen molar-refractivity contribution >= 4 is 34.2 Å². The number of nitrogens with one attached hydrogen (secondary N) is 2. The predicted molar refractivity (Wildman–Crippen MR) is 91.7 cm³/mol. The van der Waals surface area contributed by atoms with Crippen LogP contribution in [0.1, 0.15) is 11.1 Å². The standard InChI is InChI=1S/C17H12F3N3OS/c18-17(19,20)10-5-7-11(8-6-10)22-15-21-9-16(25-15)12-3-1-2-4-13(12)23-14(16)24/h1-8H,9H2,(H,21,22)(H,23,24)/t16-/m1/s1. The van der Waals surface area contributed by atoms with Crippen molar-refractivity contribution < 1.29 is 18.0 Å². The highest BCUT2D eigenvalue weighted by Crippen LogP contribution is 2.49. The smallest absolute Gasteiger partial charge is 0.335 e. The molecule has 8 heteroatoms. The molecule has 1 amide bonds. The Bertz CT molecular complexity index is 879. The van der Waals surface area contributed by atoms with E-state index in [2.05, 4.69) is 15.6 Å². The number of amides is 1. The van der Waals surface area contributed by atoms with Crippen LogP contribution in [0.2, 0.25) is 0 Å². The van der Waals surface area contributed by atoms with Gasteiger partial charge in [-0.3, -0.25) is 9.79 Å². The van der Waals surface area contributed by atoms with Crippen molar-refractivity contribution in [2.24, 2.45) is 4.99 Å². The van der Waals surface area contributed by atoms with E-state index in [1.165, 1.54) is 23.9 Å². The molecule has 2 aliphatic rings. The van der Waals surface area contributed by atoms with Gasteiger partial charge in [-0.15, -0.1) is 0 Å². The summed E-state index contributed by atoms with van der Waals surface area (Å²) in [7, 11) is 0. The van der Waals surface area contributed by atoms with Gasteiger partial charge in [0.15, 0.2) is 5.17 Å². The molecule has 0 saturated carbocycles. The van der Waals surface area contributed by atoms with E-state index in [0.29, 0.717) is 10.9 Å². The average molecular weight is 363 g/mol. The van der Waals surface area contributed by atoms with Crippen molar-refractivity contribution in [1.82, 2.24) is 0 Å². The Morgan fingerprint density at radius 1 is 1.12 bits per heavy atom. The largest absolute Gasteiger partial charge is 0.416 e. The lowest BCUT2D eigenvalue weighted by Crippen LogP contribution is -2.32. The number of para-hydroxylation sites is 1. The molecular formula is C17H12F3N3OS. The third-order valence-electron chi connectivity index (χ3n) is 4.16. The SMILES string of the molecule is O=C1Nc2ccccc2[C@]12CN=C(Nc1ccc(C(F)(F)F)cc1)S2. The van der Waals surface area contributed by atoms with E-state index in [1.807, 2.05) is 24.3 Å². The maximum absolute atomic E-state index is 12.6. The van der Waals surface area contributed by atoms with E-state index < -0.39 is 16.5 Å². The van der Waals surface area contributed by atoms with Gasteiger partial charge in [0.05, 0.1) is 12.1 Å². The number of hydrogen-bond acceptors (Lipinski definition) is 4. The van der Waals surface area contributed by atoms with Gasteiger partial charge in [0.25, 0.3) is 0 Å². The second-order valence-electron chi connectivity index (χ2n) is 5.75. The summed E-state index contributed by atoms with van der Waals surface area (Å²) in [6.07, 6.45) is -4.37.